The standard InChI is InChI=1S/C19H16BrNO6S/c1-25-13-5-8-16(26-2)15(11-13)21-19(22)17-9-10-18(27-17)28(23,24)14-6-3-12(20)4-7-14/h3-11H,1-2H3,(H,21,22). The Labute approximate surface area is 170 Å². The number of hydrogen-bond acceptors (Lipinski definition) is 6. The third-order valence-corrected chi connectivity index (χ3v) is 6.02. The highest BCUT2D eigenvalue weighted by Gasteiger charge is 2.24. The topological polar surface area (TPSA) is 94.8 Å². The molecular formula is C19H16BrNO6S. The van der Waals surface area contributed by atoms with Crippen LogP contribution in [0, 0.1) is 0 Å². The van der Waals surface area contributed by atoms with Crippen molar-refractivity contribution in [3.63, 3.8) is 0 Å². The van der Waals surface area contributed by atoms with Crippen molar-refractivity contribution in [1.82, 2.24) is 0 Å². The first-order chi connectivity index (χ1) is 13.3. The number of carbonyl (C=O) groups excluding carboxylic acids is 1. The van der Waals surface area contributed by atoms with E-state index in [-0.39, 0.29) is 15.7 Å². The number of sulfone groups is 1. The summed E-state index contributed by atoms with van der Waals surface area (Å²) < 4.78 is 41.7. The normalized spacial score (nSPS) is 11.1. The molecule has 3 aromatic rings. The molecule has 9 heteroatoms. The lowest BCUT2D eigenvalue weighted by Crippen LogP contribution is -2.12. The van der Waals surface area contributed by atoms with Crippen LogP contribution in [0.5, 0.6) is 11.5 Å². The van der Waals surface area contributed by atoms with E-state index in [0.717, 1.165) is 4.47 Å². The zero-order valence-electron chi connectivity index (χ0n) is 14.9. The number of halogens is 1. The minimum Gasteiger partial charge on any atom is -0.497 e. The zero-order valence-corrected chi connectivity index (χ0v) is 17.3. The van der Waals surface area contributed by atoms with Crippen LogP contribution >= 0.6 is 15.9 Å². The molecule has 3 rings (SSSR count). The molecule has 0 saturated heterocycles. The fraction of sp³-hybridized carbons (Fsp3) is 0.105. The van der Waals surface area contributed by atoms with Gasteiger partial charge in [-0.05, 0) is 48.5 Å². The minimum absolute atomic E-state index is 0.0615. The average Bonchev–Trinajstić information content (AvgIpc) is 3.19. The van der Waals surface area contributed by atoms with E-state index in [1.54, 1.807) is 30.3 Å². The first-order valence-corrected chi connectivity index (χ1v) is 10.3. The monoisotopic (exact) mass is 465 g/mol. The largest absolute Gasteiger partial charge is 0.497 e. The van der Waals surface area contributed by atoms with Gasteiger partial charge in [0.15, 0.2) is 5.76 Å². The van der Waals surface area contributed by atoms with Crippen molar-refractivity contribution in [2.45, 2.75) is 9.99 Å². The highest BCUT2D eigenvalue weighted by Crippen LogP contribution is 2.30. The molecule has 0 aliphatic rings. The fourth-order valence-corrected chi connectivity index (χ4v) is 3.85. The lowest BCUT2D eigenvalue weighted by atomic mass is 10.2. The van der Waals surface area contributed by atoms with Gasteiger partial charge >= 0.3 is 0 Å². The molecule has 0 atom stereocenters. The van der Waals surface area contributed by atoms with Crippen LogP contribution in [0.25, 0.3) is 0 Å². The van der Waals surface area contributed by atoms with Crippen molar-refractivity contribution in [3.05, 3.63) is 64.8 Å². The van der Waals surface area contributed by atoms with Crippen molar-refractivity contribution < 1.29 is 27.1 Å². The molecule has 7 nitrogen and oxygen atoms in total. The van der Waals surface area contributed by atoms with Gasteiger partial charge in [0.05, 0.1) is 24.8 Å². The van der Waals surface area contributed by atoms with Crippen molar-refractivity contribution in [2.75, 3.05) is 19.5 Å². The SMILES string of the molecule is COc1ccc(OC)c(NC(=O)c2ccc(S(=O)(=O)c3ccc(Br)cc3)o2)c1. The van der Waals surface area contributed by atoms with Crippen molar-refractivity contribution in [1.29, 1.82) is 0 Å². The van der Waals surface area contributed by atoms with Crippen LogP contribution in [-0.2, 0) is 9.84 Å². The van der Waals surface area contributed by atoms with Crippen molar-refractivity contribution >= 4 is 37.4 Å². The fourth-order valence-electron chi connectivity index (χ4n) is 2.41. The number of carbonyl (C=O) groups is 1. The van der Waals surface area contributed by atoms with Gasteiger partial charge in [0.1, 0.15) is 11.5 Å². The van der Waals surface area contributed by atoms with Crippen LogP contribution in [0.2, 0.25) is 0 Å². The second-order valence-electron chi connectivity index (χ2n) is 5.60. The van der Waals surface area contributed by atoms with Gasteiger partial charge < -0.3 is 19.2 Å². The number of amides is 1. The summed E-state index contributed by atoms with van der Waals surface area (Å²) in [5, 5.41) is 2.30. The molecule has 28 heavy (non-hydrogen) atoms. The number of rotatable bonds is 6. The molecule has 0 unspecified atom stereocenters. The molecule has 0 spiro atoms. The van der Waals surface area contributed by atoms with Gasteiger partial charge in [0.25, 0.3) is 5.91 Å². The molecule has 0 aliphatic heterocycles. The van der Waals surface area contributed by atoms with E-state index in [0.29, 0.717) is 17.2 Å². The smallest absolute Gasteiger partial charge is 0.291 e. The maximum atomic E-state index is 12.6. The number of ether oxygens (including phenoxy) is 2. The Kier molecular flexibility index (Phi) is 5.76. The molecule has 2 aromatic carbocycles. The van der Waals surface area contributed by atoms with Gasteiger partial charge in [-0.15, -0.1) is 0 Å². The van der Waals surface area contributed by atoms with Gasteiger partial charge in [-0.1, -0.05) is 15.9 Å². The van der Waals surface area contributed by atoms with Crippen LogP contribution in [0.15, 0.2) is 73.5 Å². The third-order valence-electron chi connectivity index (χ3n) is 3.85. The predicted molar refractivity (Wildman–Crippen MR) is 106 cm³/mol. The Morgan fingerprint density at radius 3 is 2.36 bits per heavy atom. The number of anilines is 1. The van der Waals surface area contributed by atoms with E-state index in [1.165, 1.54) is 38.5 Å². The molecule has 146 valence electrons. The Hall–Kier alpha value is -2.78. The Morgan fingerprint density at radius 2 is 1.71 bits per heavy atom. The molecule has 0 fully saturated rings. The van der Waals surface area contributed by atoms with E-state index in [2.05, 4.69) is 21.2 Å². The molecule has 0 bridgehead atoms. The predicted octanol–water partition coefficient (Wildman–Crippen LogP) is 4.14. The first kappa shape index (κ1) is 20.0. The molecule has 1 heterocycles. The average molecular weight is 466 g/mol. The van der Waals surface area contributed by atoms with E-state index >= 15 is 0 Å². The summed E-state index contributed by atoms with van der Waals surface area (Å²) in [6.07, 6.45) is 0. The van der Waals surface area contributed by atoms with Gasteiger partial charge in [-0.2, -0.15) is 0 Å². The molecule has 0 saturated carbocycles. The Balaban J connectivity index is 1.86. The number of hydrogen-bond donors (Lipinski definition) is 1. The van der Waals surface area contributed by atoms with Gasteiger partial charge in [0, 0.05) is 10.5 Å². The molecule has 1 N–H and O–H groups in total. The summed E-state index contributed by atoms with van der Waals surface area (Å²) in [5.74, 6) is 0.168. The molecule has 0 radical (unpaired) electrons. The summed E-state index contributed by atoms with van der Waals surface area (Å²) in [6, 6.07) is 13.6. The molecule has 1 aromatic heterocycles. The third kappa shape index (κ3) is 4.05. The summed E-state index contributed by atoms with van der Waals surface area (Å²) in [7, 11) is -0.912. The highest BCUT2D eigenvalue weighted by molar-refractivity contribution is 9.10. The van der Waals surface area contributed by atoms with E-state index in [9.17, 15) is 13.2 Å². The maximum Gasteiger partial charge on any atom is 0.291 e. The number of benzene rings is 2. The molecular weight excluding hydrogens is 450 g/mol. The lowest BCUT2D eigenvalue weighted by Gasteiger charge is -2.10. The van der Waals surface area contributed by atoms with Gasteiger partial charge in [-0.3, -0.25) is 4.79 Å². The number of nitrogens with one attached hydrogen (secondary N) is 1. The second-order valence-corrected chi connectivity index (χ2v) is 8.39. The van der Waals surface area contributed by atoms with Crippen molar-refractivity contribution in [3.8, 4) is 11.5 Å². The van der Waals surface area contributed by atoms with Gasteiger partial charge in [0.2, 0.25) is 14.9 Å². The van der Waals surface area contributed by atoms with Crippen LogP contribution in [0.3, 0.4) is 0 Å². The lowest BCUT2D eigenvalue weighted by molar-refractivity contribution is 0.0991. The van der Waals surface area contributed by atoms with Crippen LogP contribution < -0.4 is 14.8 Å². The van der Waals surface area contributed by atoms with Crippen LogP contribution in [0.1, 0.15) is 10.6 Å². The summed E-state index contributed by atoms with van der Waals surface area (Å²) in [6.45, 7) is 0. The van der Waals surface area contributed by atoms with Gasteiger partial charge in [-0.25, -0.2) is 8.42 Å². The zero-order chi connectivity index (χ0) is 20.3. The van der Waals surface area contributed by atoms with E-state index in [1.807, 2.05) is 0 Å². The highest BCUT2D eigenvalue weighted by atomic mass is 79.9. The Bertz CT molecular complexity index is 1110. The Morgan fingerprint density at radius 1 is 1.00 bits per heavy atom. The number of methoxy groups -OCH3 is 2. The molecule has 0 aliphatic carbocycles. The summed E-state index contributed by atoms with van der Waals surface area (Å²) in [4.78, 5) is 12.6. The van der Waals surface area contributed by atoms with Crippen LogP contribution in [-0.4, -0.2) is 28.5 Å². The molecule has 1 amide bonds. The van der Waals surface area contributed by atoms with Crippen molar-refractivity contribution in [2.24, 2.45) is 0 Å². The summed E-state index contributed by atoms with van der Waals surface area (Å²) in [5.41, 5.74) is 0.362. The summed E-state index contributed by atoms with van der Waals surface area (Å²) >= 11 is 3.25. The quantitative estimate of drug-likeness (QED) is 0.587. The van der Waals surface area contributed by atoms with E-state index < -0.39 is 15.7 Å². The minimum atomic E-state index is -3.88. The van der Waals surface area contributed by atoms with E-state index in [4.69, 9.17) is 13.9 Å². The maximum absolute atomic E-state index is 12.6. The van der Waals surface area contributed by atoms with Crippen LogP contribution in [0.4, 0.5) is 5.69 Å². The number of furan rings is 1. The second kappa shape index (κ2) is 8.07. The first-order valence-electron chi connectivity index (χ1n) is 7.99.